The molecule has 0 aromatic heterocycles. The molecule has 0 aliphatic heterocycles. The second-order valence-corrected chi connectivity index (χ2v) is 9.66. The molecule has 0 aromatic carbocycles. The van der Waals surface area contributed by atoms with E-state index >= 15 is 0 Å². The summed E-state index contributed by atoms with van der Waals surface area (Å²) in [7, 11) is 0. The fourth-order valence-electron chi connectivity index (χ4n) is 5.62. The van der Waals surface area contributed by atoms with Gasteiger partial charge in [-0.3, -0.25) is 0 Å². The summed E-state index contributed by atoms with van der Waals surface area (Å²) in [6.07, 6.45) is 35.8. The van der Waals surface area contributed by atoms with Crippen molar-refractivity contribution in [2.24, 2.45) is 23.7 Å². The number of hydrogen-bond donors (Lipinski definition) is 0. The van der Waals surface area contributed by atoms with Gasteiger partial charge in [0.05, 0.1) is 0 Å². The molecule has 0 spiro atoms. The molecule has 4 rings (SSSR count). The van der Waals surface area contributed by atoms with Crippen LogP contribution in [0, 0.1) is 44.9 Å². The SMILES string of the molecule is C1=CC2[CH-]C3CCCCC3C2C=C1.C=CC=C.[CH3-].[CH3-].[NH-]C1CCCCCCCCCCC1.[SiH4].[Ti+4]. The third-order valence-electron chi connectivity index (χ3n) is 7.33. The molecule has 3 saturated carbocycles. The maximum absolute atomic E-state index is 7.80. The van der Waals surface area contributed by atoms with Gasteiger partial charge in [0, 0.05) is 0 Å². The Labute approximate surface area is 234 Å². The molecule has 0 amide bonds. The molecule has 0 heterocycles. The molecule has 3 fully saturated rings. The summed E-state index contributed by atoms with van der Waals surface area (Å²) in [5.74, 6) is 3.56. The van der Waals surface area contributed by atoms with Gasteiger partial charge in [-0.25, -0.2) is 0 Å². The molecule has 4 aliphatic carbocycles. The van der Waals surface area contributed by atoms with Gasteiger partial charge in [0.25, 0.3) is 0 Å². The van der Waals surface area contributed by atoms with E-state index in [2.05, 4.69) is 43.9 Å². The molecule has 0 bridgehead atoms. The number of fused-ring (bicyclic) bond motifs is 3. The van der Waals surface area contributed by atoms with Crippen LogP contribution in [0.15, 0.2) is 49.6 Å². The Morgan fingerprint density at radius 1 is 0.676 bits per heavy atom. The van der Waals surface area contributed by atoms with E-state index in [-0.39, 0.29) is 53.6 Å². The van der Waals surface area contributed by atoms with E-state index in [1.807, 2.05) is 0 Å². The van der Waals surface area contributed by atoms with Crippen LogP contribution in [-0.2, 0) is 21.7 Å². The molecule has 1 N–H and O–H groups in total. The zero-order valence-corrected chi connectivity index (χ0v) is 23.5. The predicted octanol–water partition coefficient (Wildman–Crippen LogP) is 8.89. The van der Waals surface area contributed by atoms with E-state index < -0.39 is 0 Å². The van der Waals surface area contributed by atoms with Crippen molar-refractivity contribution in [3.8, 4) is 0 Å². The Morgan fingerprint density at radius 3 is 1.65 bits per heavy atom. The van der Waals surface area contributed by atoms with Crippen LogP contribution in [-0.4, -0.2) is 17.0 Å². The van der Waals surface area contributed by atoms with Crippen LogP contribution in [0.25, 0.3) is 5.73 Å². The van der Waals surface area contributed by atoms with E-state index in [1.165, 1.54) is 83.5 Å². The molecule has 3 heteroatoms. The van der Waals surface area contributed by atoms with Gasteiger partial charge in [-0.2, -0.15) is 5.92 Å². The maximum atomic E-state index is 7.80. The summed E-state index contributed by atoms with van der Waals surface area (Å²) in [6, 6.07) is 0.249. The number of allylic oxidation sites excluding steroid dienone is 6. The van der Waals surface area contributed by atoms with Crippen molar-refractivity contribution in [3.63, 3.8) is 0 Å². The van der Waals surface area contributed by atoms with Crippen molar-refractivity contribution < 1.29 is 21.7 Å². The van der Waals surface area contributed by atoms with Gasteiger partial charge in [-0.1, -0.05) is 146 Å². The maximum Gasteiger partial charge on any atom is 4.00 e. The molecule has 0 radical (unpaired) electrons. The van der Waals surface area contributed by atoms with E-state index in [0.717, 1.165) is 36.5 Å². The first-order valence-electron chi connectivity index (χ1n) is 12.9. The summed E-state index contributed by atoms with van der Waals surface area (Å²) in [6.45, 7) is 6.72. The third-order valence-corrected chi connectivity index (χ3v) is 7.33. The molecule has 194 valence electrons. The number of rotatable bonds is 1. The van der Waals surface area contributed by atoms with Crippen molar-refractivity contribution in [2.75, 3.05) is 0 Å². The molecular weight excluding hydrogens is 462 g/mol. The minimum Gasteiger partial charge on any atom is -0.675 e. The smallest absolute Gasteiger partial charge is 0.675 e. The van der Waals surface area contributed by atoms with Gasteiger partial charge in [-0.15, -0.1) is 18.0 Å². The first-order chi connectivity index (χ1) is 14.8. The third kappa shape index (κ3) is 15.1. The Hall–Kier alpha value is -0.149. The minimum atomic E-state index is 0. The number of nitrogens with one attached hydrogen (secondary N) is 1. The molecule has 4 unspecified atom stereocenters. The van der Waals surface area contributed by atoms with E-state index in [1.54, 1.807) is 12.2 Å². The average Bonchev–Trinajstić information content (AvgIpc) is 3.15. The first-order valence-corrected chi connectivity index (χ1v) is 12.9. The standard InChI is InChI=1S/C13H17.C12H24N.C4H6.2CH3.H4Si.Ti/c1-3-7-12-10(5-1)9-11-6-2-4-8-13(11)12;13-12-10-8-6-4-2-1-3-5-7-9-11-12;1-3-4-2;;;;/h1,3,5,7,9-13H,2,4,6,8H2;12-13H,1-11H2;3-4H,1-2H2;2*1H3;1H4;/q2*-1;;2*-1;;+4. The Kier molecular flexibility index (Phi) is 27.7. The van der Waals surface area contributed by atoms with E-state index in [0.29, 0.717) is 0 Å². The Bertz CT molecular complexity index is 512. The average molecular weight is 520 g/mol. The van der Waals surface area contributed by atoms with Crippen molar-refractivity contribution in [2.45, 2.75) is 102 Å². The van der Waals surface area contributed by atoms with Crippen LogP contribution in [0.3, 0.4) is 0 Å². The van der Waals surface area contributed by atoms with E-state index in [4.69, 9.17) is 5.73 Å². The molecule has 4 atom stereocenters. The van der Waals surface area contributed by atoms with Crippen molar-refractivity contribution in [3.05, 3.63) is 76.6 Å². The second kappa shape index (κ2) is 24.5. The van der Waals surface area contributed by atoms with Gasteiger partial charge in [0.15, 0.2) is 0 Å². The summed E-state index contributed by atoms with van der Waals surface area (Å²) in [5.41, 5.74) is 7.80. The van der Waals surface area contributed by atoms with Crippen LogP contribution in [0.1, 0.15) is 96.3 Å². The molecule has 4 aliphatic rings. The monoisotopic (exact) mass is 519 g/mol. The largest absolute Gasteiger partial charge is 4.00 e. The zero-order chi connectivity index (χ0) is 21.4. The molecule has 0 aromatic rings. The summed E-state index contributed by atoms with van der Waals surface area (Å²) in [4.78, 5) is 0. The summed E-state index contributed by atoms with van der Waals surface area (Å²) in [5, 5.41) is 0. The first kappa shape index (κ1) is 38.4. The minimum absolute atomic E-state index is 0. The van der Waals surface area contributed by atoms with Crippen LogP contribution in [0.2, 0.25) is 0 Å². The fraction of sp³-hybridized carbons (Fsp3) is 0.645. The van der Waals surface area contributed by atoms with Crippen LogP contribution in [0.4, 0.5) is 0 Å². The molecule has 0 saturated heterocycles. The fourth-order valence-corrected chi connectivity index (χ4v) is 5.62. The van der Waals surface area contributed by atoms with Gasteiger partial charge < -0.3 is 27.0 Å². The second-order valence-electron chi connectivity index (χ2n) is 9.66. The molecular formula is C31H57NSiTi. The molecule has 34 heavy (non-hydrogen) atoms. The van der Waals surface area contributed by atoms with Gasteiger partial charge in [0.2, 0.25) is 0 Å². The van der Waals surface area contributed by atoms with Crippen LogP contribution >= 0.6 is 0 Å². The Morgan fingerprint density at radius 2 is 1.12 bits per heavy atom. The van der Waals surface area contributed by atoms with Crippen LogP contribution < -0.4 is 0 Å². The predicted molar refractivity (Wildman–Crippen MR) is 158 cm³/mol. The Balaban J connectivity index is -0.000000444. The normalized spacial score (nSPS) is 28.1. The molecule has 1 nitrogen and oxygen atoms in total. The summed E-state index contributed by atoms with van der Waals surface area (Å²) < 4.78 is 0. The van der Waals surface area contributed by atoms with Gasteiger partial charge >= 0.3 is 21.7 Å². The van der Waals surface area contributed by atoms with Crippen molar-refractivity contribution >= 4 is 11.0 Å². The van der Waals surface area contributed by atoms with Gasteiger partial charge in [-0.05, 0) is 16.9 Å². The van der Waals surface area contributed by atoms with Crippen molar-refractivity contribution in [1.82, 2.24) is 0 Å². The summed E-state index contributed by atoms with van der Waals surface area (Å²) >= 11 is 0. The zero-order valence-electron chi connectivity index (χ0n) is 21.9. The topological polar surface area (TPSA) is 23.8 Å². The van der Waals surface area contributed by atoms with E-state index in [9.17, 15) is 0 Å². The quantitative estimate of drug-likeness (QED) is 0.188. The number of hydrogen-bond acceptors (Lipinski definition) is 0. The van der Waals surface area contributed by atoms with Crippen LogP contribution in [0.5, 0.6) is 0 Å². The van der Waals surface area contributed by atoms with Gasteiger partial charge in [0.1, 0.15) is 0 Å². The van der Waals surface area contributed by atoms with Crippen molar-refractivity contribution in [1.29, 1.82) is 0 Å².